The Morgan fingerprint density at radius 2 is 2.16 bits per heavy atom. The monoisotopic (exact) mass is 277 g/mol. The van der Waals surface area contributed by atoms with E-state index in [0.717, 1.165) is 11.4 Å². The number of carbonyl (C=O) groups excluding carboxylic acids is 1. The third kappa shape index (κ3) is 3.57. The fourth-order valence-corrected chi connectivity index (χ4v) is 2.15. The van der Waals surface area contributed by atoms with Gasteiger partial charge >= 0.3 is 5.97 Å². The van der Waals surface area contributed by atoms with Crippen LogP contribution in [0.3, 0.4) is 0 Å². The van der Waals surface area contributed by atoms with Gasteiger partial charge in [-0.2, -0.15) is 11.8 Å². The van der Waals surface area contributed by atoms with Crippen LogP contribution in [-0.4, -0.2) is 39.1 Å². The molecule has 0 amide bonds. The molecule has 0 unspecified atom stereocenters. The van der Waals surface area contributed by atoms with Crippen LogP contribution >= 0.6 is 11.8 Å². The van der Waals surface area contributed by atoms with Crippen LogP contribution in [0.5, 0.6) is 0 Å². The molecule has 0 radical (unpaired) electrons. The fourth-order valence-electron chi connectivity index (χ4n) is 1.62. The molecule has 0 spiro atoms. The molecule has 5 nitrogen and oxygen atoms in total. The number of nitrogens with zero attached hydrogens (tertiary/aromatic N) is 3. The smallest absolute Gasteiger partial charge is 0.338 e. The van der Waals surface area contributed by atoms with Crippen molar-refractivity contribution in [3.05, 3.63) is 42.2 Å². The van der Waals surface area contributed by atoms with Gasteiger partial charge in [0.15, 0.2) is 0 Å². The highest BCUT2D eigenvalue weighted by molar-refractivity contribution is 7.98. The van der Waals surface area contributed by atoms with Crippen molar-refractivity contribution >= 4 is 17.7 Å². The summed E-state index contributed by atoms with van der Waals surface area (Å²) >= 11 is 1.65. The molecule has 0 saturated heterocycles. The number of rotatable bonds is 5. The van der Waals surface area contributed by atoms with Gasteiger partial charge in [-0.3, -0.25) is 0 Å². The first-order valence-corrected chi connectivity index (χ1v) is 7.27. The number of hydrogen-bond acceptors (Lipinski definition) is 5. The average molecular weight is 277 g/mol. The highest BCUT2D eigenvalue weighted by Crippen LogP contribution is 2.11. The molecule has 2 aromatic rings. The Balaban J connectivity index is 2.04. The molecule has 0 fully saturated rings. The van der Waals surface area contributed by atoms with Gasteiger partial charge in [-0.1, -0.05) is 5.21 Å². The maximum atomic E-state index is 11.9. The van der Waals surface area contributed by atoms with Crippen LogP contribution in [0.1, 0.15) is 17.3 Å². The molecule has 100 valence electrons. The number of ether oxygens (including phenoxy) is 1. The fraction of sp³-hybridized carbons (Fsp3) is 0.308. The van der Waals surface area contributed by atoms with Crippen LogP contribution in [0.2, 0.25) is 0 Å². The molecule has 1 atom stereocenters. The third-order valence-corrected chi connectivity index (χ3v) is 3.30. The topological polar surface area (TPSA) is 57.0 Å². The minimum Gasteiger partial charge on any atom is -0.458 e. The molecule has 1 aromatic heterocycles. The first kappa shape index (κ1) is 13.6. The zero-order chi connectivity index (χ0) is 13.7. The highest BCUT2D eigenvalue weighted by atomic mass is 32.2. The second-order valence-electron chi connectivity index (χ2n) is 4.07. The molecular weight excluding hydrogens is 262 g/mol. The zero-order valence-corrected chi connectivity index (χ0v) is 11.6. The van der Waals surface area contributed by atoms with Gasteiger partial charge in [-0.05, 0) is 37.4 Å². The van der Waals surface area contributed by atoms with E-state index in [9.17, 15) is 4.79 Å². The van der Waals surface area contributed by atoms with Crippen molar-refractivity contribution in [2.24, 2.45) is 0 Å². The van der Waals surface area contributed by atoms with Crippen molar-refractivity contribution in [3.63, 3.8) is 0 Å². The van der Waals surface area contributed by atoms with E-state index in [4.69, 9.17) is 4.74 Å². The number of thioether (sulfide) groups is 1. The van der Waals surface area contributed by atoms with E-state index in [0.29, 0.717) is 5.56 Å². The van der Waals surface area contributed by atoms with Crippen LogP contribution in [0.15, 0.2) is 36.7 Å². The SMILES string of the molecule is CSC[C@H](C)OC(=O)c1ccc(-n2ccnn2)cc1. The van der Waals surface area contributed by atoms with Gasteiger partial charge in [-0.25, -0.2) is 9.48 Å². The summed E-state index contributed by atoms with van der Waals surface area (Å²) in [7, 11) is 0. The standard InChI is InChI=1S/C13H15N3O2S/c1-10(9-19-2)18-13(17)11-3-5-12(6-4-11)16-8-7-14-15-16/h3-8,10H,9H2,1-2H3/t10-/m0/s1. The van der Waals surface area contributed by atoms with Gasteiger partial charge in [0, 0.05) is 5.75 Å². The average Bonchev–Trinajstić information content (AvgIpc) is 2.93. The Morgan fingerprint density at radius 3 is 2.74 bits per heavy atom. The lowest BCUT2D eigenvalue weighted by molar-refractivity contribution is 0.0386. The molecule has 0 aliphatic heterocycles. The molecule has 0 N–H and O–H groups in total. The summed E-state index contributed by atoms with van der Waals surface area (Å²) in [5.74, 6) is 0.495. The summed E-state index contributed by atoms with van der Waals surface area (Å²) in [6.07, 6.45) is 5.25. The molecule has 2 rings (SSSR count). The Bertz CT molecular complexity index is 525. The normalized spacial score (nSPS) is 12.1. The Labute approximate surface area is 116 Å². The maximum absolute atomic E-state index is 11.9. The quantitative estimate of drug-likeness (QED) is 0.784. The van der Waals surface area contributed by atoms with E-state index in [-0.39, 0.29) is 12.1 Å². The van der Waals surface area contributed by atoms with Gasteiger partial charge in [0.2, 0.25) is 0 Å². The highest BCUT2D eigenvalue weighted by Gasteiger charge is 2.11. The summed E-state index contributed by atoms with van der Waals surface area (Å²) < 4.78 is 6.94. The molecule has 1 aromatic carbocycles. The summed E-state index contributed by atoms with van der Waals surface area (Å²) in [6, 6.07) is 7.07. The van der Waals surface area contributed by atoms with Crippen LogP contribution in [-0.2, 0) is 4.74 Å². The van der Waals surface area contributed by atoms with Gasteiger partial charge in [0.1, 0.15) is 6.10 Å². The third-order valence-electron chi connectivity index (χ3n) is 2.50. The number of carbonyl (C=O) groups is 1. The number of hydrogen-bond donors (Lipinski definition) is 0. The van der Waals surface area contributed by atoms with E-state index in [1.807, 2.05) is 25.3 Å². The van der Waals surface area contributed by atoms with Crippen molar-refractivity contribution in [1.82, 2.24) is 15.0 Å². The minimum absolute atomic E-state index is 0.0857. The lowest BCUT2D eigenvalue weighted by atomic mass is 10.2. The summed E-state index contributed by atoms with van der Waals surface area (Å²) in [5.41, 5.74) is 1.39. The van der Waals surface area contributed by atoms with Crippen LogP contribution < -0.4 is 0 Å². The van der Waals surface area contributed by atoms with Crippen molar-refractivity contribution in [2.45, 2.75) is 13.0 Å². The molecular formula is C13H15N3O2S. The summed E-state index contributed by atoms with van der Waals surface area (Å²) in [5, 5.41) is 7.62. The van der Waals surface area contributed by atoms with E-state index < -0.39 is 0 Å². The molecule has 6 heteroatoms. The van der Waals surface area contributed by atoms with Crippen molar-refractivity contribution in [3.8, 4) is 5.69 Å². The maximum Gasteiger partial charge on any atom is 0.338 e. The van der Waals surface area contributed by atoms with Gasteiger partial charge in [0.25, 0.3) is 0 Å². The predicted molar refractivity (Wildman–Crippen MR) is 74.6 cm³/mol. The van der Waals surface area contributed by atoms with E-state index >= 15 is 0 Å². The largest absolute Gasteiger partial charge is 0.458 e. The lowest BCUT2D eigenvalue weighted by Gasteiger charge is -2.11. The summed E-state index contributed by atoms with van der Waals surface area (Å²) in [4.78, 5) is 11.9. The van der Waals surface area contributed by atoms with Crippen LogP contribution in [0, 0.1) is 0 Å². The molecule has 0 saturated carbocycles. The number of benzene rings is 1. The Hall–Kier alpha value is -1.82. The molecule has 19 heavy (non-hydrogen) atoms. The molecule has 1 heterocycles. The summed E-state index contributed by atoms with van der Waals surface area (Å²) in [6.45, 7) is 1.89. The Morgan fingerprint density at radius 1 is 1.42 bits per heavy atom. The van der Waals surface area contributed by atoms with E-state index in [1.165, 1.54) is 0 Å². The second kappa shape index (κ2) is 6.38. The van der Waals surface area contributed by atoms with Crippen molar-refractivity contribution in [1.29, 1.82) is 0 Å². The zero-order valence-electron chi connectivity index (χ0n) is 10.8. The first-order valence-electron chi connectivity index (χ1n) is 5.87. The number of aromatic nitrogens is 3. The number of esters is 1. The van der Waals surface area contributed by atoms with E-state index in [2.05, 4.69) is 10.3 Å². The van der Waals surface area contributed by atoms with Gasteiger partial charge in [-0.15, -0.1) is 5.10 Å². The second-order valence-corrected chi connectivity index (χ2v) is 4.98. The van der Waals surface area contributed by atoms with Gasteiger partial charge < -0.3 is 4.74 Å². The lowest BCUT2D eigenvalue weighted by Crippen LogP contribution is -2.17. The molecule has 0 bridgehead atoms. The van der Waals surface area contributed by atoms with Crippen molar-refractivity contribution < 1.29 is 9.53 Å². The predicted octanol–water partition coefficient (Wildman–Crippen LogP) is 2.18. The Kier molecular flexibility index (Phi) is 4.57. The molecule has 0 aliphatic carbocycles. The van der Waals surface area contributed by atoms with E-state index in [1.54, 1.807) is 41.0 Å². The minimum atomic E-state index is -0.299. The van der Waals surface area contributed by atoms with Crippen LogP contribution in [0.4, 0.5) is 0 Å². The molecule has 0 aliphatic rings. The van der Waals surface area contributed by atoms with Crippen molar-refractivity contribution in [2.75, 3.05) is 12.0 Å². The first-order chi connectivity index (χ1) is 9.20. The van der Waals surface area contributed by atoms with Crippen LogP contribution in [0.25, 0.3) is 5.69 Å². The van der Waals surface area contributed by atoms with Gasteiger partial charge in [0.05, 0.1) is 23.6 Å².